The minimum absolute atomic E-state index is 0.0432. The van der Waals surface area contributed by atoms with Crippen LogP contribution >= 0.6 is 0 Å². The molecule has 3 nitrogen and oxygen atoms in total. The van der Waals surface area contributed by atoms with Crippen LogP contribution in [0.4, 0.5) is 5.69 Å². The summed E-state index contributed by atoms with van der Waals surface area (Å²) in [6.07, 6.45) is 0.100. The van der Waals surface area contributed by atoms with Crippen LogP contribution in [0, 0.1) is 0 Å². The highest BCUT2D eigenvalue weighted by molar-refractivity contribution is 5.45. The molecule has 0 radical (unpaired) electrons. The summed E-state index contributed by atoms with van der Waals surface area (Å²) in [7, 11) is 3.70. The molecule has 0 aliphatic heterocycles. The molecule has 0 bridgehead atoms. The fraction of sp³-hybridized carbons (Fsp3) is 0.429. The maximum Gasteiger partial charge on any atom is 0.124 e. The molecule has 1 atom stereocenters. The maximum absolute atomic E-state index is 10.7. The fourth-order valence-corrected chi connectivity index (χ4v) is 2.74. The van der Waals surface area contributed by atoms with Crippen molar-refractivity contribution in [3.8, 4) is 5.75 Å². The van der Waals surface area contributed by atoms with E-state index < -0.39 is 6.10 Å². The van der Waals surface area contributed by atoms with Gasteiger partial charge in [0.1, 0.15) is 5.75 Å². The first-order chi connectivity index (χ1) is 11.3. The third-order valence-corrected chi connectivity index (χ3v) is 4.39. The SMILES string of the molecule is COc1ccc(C(C)(C)C)cc1C(O)CCN(C)c1ccccc1. The lowest BCUT2D eigenvalue weighted by molar-refractivity contribution is 0.165. The summed E-state index contributed by atoms with van der Waals surface area (Å²) >= 11 is 0. The summed E-state index contributed by atoms with van der Waals surface area (Å²) in [5.41, 5.74) is 3.27. The van der Waals surface area contributed by atoms with E-state index in [1.165, 1.54) is 5.56 Å². The highest BCUT2D eigenvalue weighted by atomic mass is 16.5. The Morgan fingerprint density at radius 2 is 1.75 bits per heavy atom. The second-order valence-electron chi connectivity index (χ2n) is 7.27. The van der Waals surface area contributed by atoms with Gasteiger partial charge in [0.2, 0.25) is 0 Å². The third-order valence-electron chi connectivity index (χ3n) is 4.39. The van der Waals surface area contributed by atoms with Gasteiger partial charge in [0.15, 0.2) is 0 Å². The Kier molecular flexibility index (Phi) is 5.89. The second-order valence-corrected chi connectivity index (χ2v) is 7.27. The molecule has 130 valence electrons. The van der Waals surface area contributed by atoms with Crippen molar-refractivity contribution in [2.45, 2.75) is 38.7 Å². The van der Waals surface area contributed by atoms with Gasteiger partial charge < -0.3 is 14.7 Å². The molecular formula is C21H29NO2. The molecular weight excluding hydrogens is 298 g/mol. The van der Waals surface area contributed by atoms with Crippen LogP contribution in [0.15, 0.2) is 48.5 Å². The number of benzene rings is 2. The quantitative estimate of drug-likeness (QED) is 0.844. The standard InChI is InChI=1S/C21H29NO2/c1-21(2,3)16-11-12-20(24-5)18(15-16)19(23)13-14-22(4)17-9-7-6-8-10-17/h6-12,15,19,23H,13-14H2,1-5H3. The van der Waals surface area contributed by atoms with E-state index in [9.17, 15) is 5.11 Å². The Morgan fingerprint density at radius 3 is 2.33 bits per heavy atom. The Bertz CT molecular complexity index is 647. The minimum Gasteiger partial charge on any atom is -0.496 e. The highest BCUT2D eigenvalue weighted by Crippen LogP contribution is 2.33. The van der Waals surface area contributed by atoms with Gasteiger partial charge in [-0.3, -0.25) is 0 Å². The van der Waals surface area contributed by atoms with Gasteiger partial charge in [-0.25, -0.2) is 0 Å². The number of para-hydroxylation sites is 1. The predicted octanol–water partition coefficient (Wildman–Crippen LogP) is 4.55. The van der Waals surface area contributed by atoms with E-state index in [-0.39, 0.29) is 5.41 Å². The number of hydrogen-bond donors (Lipinski definition) is 1. The van der Waals surface area contributed by atoms with Crippen LogP contribution in [-0.2, 0) is 5.41 Å². The van der Waals surface area contributed by atoms with Crippen LogP contribution in [0.2, 0.25) is 0 Å². The summed E-state index contributed by atoms with van der Waals surface area (Å²) < 4.78 is 5.45. The summed E-state index contributed by atoms with van der Waals surface area (Å²) in [5.74, 6) is 0.748. The first-order valence-corrected chi connectivity index (χ1v) is 8.45. The van der Waals surface area contributed by atoms with Gasteiger partial charge >= 0.3 is 0 Å². The van der Waals surface area contributed by atoms with Gasteiger partial charge in [-0.2, -0.15) is 0 Å². The minimum atomic E-state index is -0.548. The first-order valence-electron chi connectivity index (χ1n) is 8.45. The van der Waals surface area contributed by atoms with E-state index in [1.807, 2.05) is 31.3 Å². The molecule has 0 amide bonds. The van der Waals surface area contributed by atoms with Crippen molar-refractivity contribution in [3.05, 3.63) is 59.7 Å². The molecule has 0 spiro atoms. The van der Waals surface area contributed by atoms with Gasteiger partial charge in [-0.15, -0.1) is 0 Å². The van der Waals surface area contributed by atoms with Crippen molar-refractivity contribution < 1.29 is 9.84 Å². The predicted molar refractivity (Wildman–Crippen MR) is 101 cm³/mol. The van der Waals surface area contributed by atoms with Crippen molar-refractivity contribution in [2.24, 2.45) is 0 Å². The van der Waals surface area contributed by atoms with Crippen LogP contribution < -0.4 is 9.64 Å². The first kappa shape index (κ1) is 18.3. The smallest absolute Gasteiger partial charge is 0.124 e. The van der Waals surface area contributed by atoms with Gasteiger partial charge in [0.05, 0.1) is 13.2 Å². The van der Waals surface area contributed by atoms with Crippen molar-refractivity contribution >= 4 is 5.69 Å². The van der Waals surface area contributed by atoms with Crippen LogP contribution in [0.3, 0.4) is 0 Å². The Hall–Kier alpha value is -2.00. The number of nitrogens with zero attached hydrogens (tertiary/aromatic N) is 1. The Labute approximate surface area is 145 Å². The van der Waals surface area contributed by atoms with Crippen LogP contribution in [0.1, 0.15) is 44.4 Å². The number of aliphatic hydroxyl groups excluding tert-OH is 1. The Morgan fingerprint density at radius 1 is 1.08 bits per heavy atom. The zero-order valence-corrected chi connectivity index (χ0v) is 15.4. The molecule has 3 heteroatoms. The van der Waals surface area contributed by atoms with Gasteiger partial charge in [0, 0.05) is 24.8 Å². The van der Waals surface area contributed by atoms with Crippen LogP contribution in [-0.4, -0.2) is 25.8 Å². The molecule has 1 N–H and O–H groups in total. The zero-order valence-electron chi connectivity index (χ0n) is 15.4. The number of aliphatic hydroxyl groups is 1. The molecule has 0 fully saturated rings. The monoisotopic (exact) mass is 327 g/mol. The van der Waals surface area contributed by atoms with Gasteiger partial charge in [-0.05, 0) is 41.7 Å². The van der Waals surface area contributed by atoms with Crippen molar-refractivity contribution in [2.75, 3.05) is 25.6 Å². The van der Waals surface area contributed by atoms with Crippen molar-refractivity contribution in [1.29, 1.82) is 0 Å². The van der Waals surface area contributed by atoms with Crippen molar-refractivity contribution in [1.82, 2.24) is 0 Å². The van der Waals surface area contributed by atoms with E-state index in [0.717, 1.165) is 23.5 Å². The normalized spacial score (nSPS) is 12.8. The second kappa shape index (κ2) is 7.71. The van der Waals surface area contributed by atoms with Crippen LogP contribution in [0.5, 0.6) is 5.75 Å². The molecule has 0 aromatic heterocycles. The maximum atomic E-state index is 10.7. The van der Waals surface area contributed by atoms with E-state index in [0.29, 0.717) is 6.42 Å². The number of hydrogen-bond acceptors (Lipinski definition) is 3. The van der Waals surface area contributed by atoms with Crippen LogP contribution in [0.25, 0.3) is 0 Å². The molecule has 0 aliphatic rings. The van der Waals surface area contributed by atoms with Gasteiger partial charge in [-0.1, -0.05) is 45.0 Å². The topological polar surface area (TPSA) is 32.7 Å². The highest BCUT2D eigenvalue weighted by Gasteiger charge is 2.20. The third kappa shape index (κ3) is 4.51. The van der Waals surface area contributed by atoms with Gasteiger partial charge in [0.25, 0.3) is 0 Å². The summed E-state index contributed by atoms with van der Waals surface area (Å²) in [6.45, 7) is 7.30. The number of rotatable bonds is 6. The zero-order chi connectivity index (χ0) is 17.7. The van der Waals surface area contributed by atoms with Crippen molar-refractivity contribution in [3.63, 3.8) is 0 Å². The summed E-state index contributed by atoms with van der Waals surface area (Å²) in [5, 5.41) is 10.7. The van der Waals surface area contributed by atoms with E-state index >= 15 is 0 Å². The number of methoxy groups -OCH3 is 1. The van der Waals surface area contributed by atoms with E-state index in [2.05, 4.69) is 49.9 Å². The number of anilines is 1. The average Bonchev–Trinajstić information content (AvgIpc) is 2.58. The lowest BCUT2D eigenvalue weighted by atomic mass is 9.85. The molecule has 24 heavy (non-hydrogen) atoms. The molecule has 0 saturated carbocycles. The fourth-order valence-electron chi connectivity index (χ4n) is 2.74. The largest absolute Gasteiger partial charge is 0.496 e. The molecule has 2 aromatic carbocycles. The molecule has 0 heterocycles. The molecule has 1 unspecified atom stereocenters. The summed E-state index contributed by atoms with van der Waals surface area (Å²) in [4.78, 5) is 2.16. The molecule has 0 aliphatic carbocycles. The lowest BCUT2D eigenvalue weighted by Gasteiger charge is -2.24. The average molecular weight is 327 g/mol. The summed E-state index contributed by atoms with van der Waals surface area (Å²) in [6, 6.07) is 16.3. The van der Waals surface area contributed by atoms with E-state index in [1.54, 1.807) is 7.11 Å². The Balaban J connectivity index is 2.12. The molecule has 2 rings (SSSR count). The number of ether oxygens (including phenoxy) is 1. The van der Waals surface area contributed by atoms with E-state index in [4.69, 9.17) is 4.74 Å². The lowest BCUT2D eigenvalue weighted by Crippen LogP contribution is -2.21. The molecule has 2 aromatic rings. The molecule has 0 saturated heterocycles.